The molecule has 0 aromatic heterocycles. The maximum absolute atomic E-state index is 12.5. The van der Waals surface area contributed by atoms with E-state index in [9.17, 15) is 14.9 Å². The summed E-state index contributed by atoms with van der Waals surface area (Å²) in [5.74, 6) is -0.116. The van der Waals surface area contributed by atoms with Gasteiger partial charge in [-0.05, 0) is 67.1 Å². The first kappa shape index (κ1) is 24.4. The Bertz CT molecular complexity index is 1220. The highest BCUT2D eigenvalue weighted by Gasteiger charge is 2.13. The molecule has 0 aliphatic carbocycles. The number of para-hydroxylation sites is 1. The Morgan fingerprint density at radius 1 is 0.941 bits per heavy atom. The molecule has 0 aliphatic heterocycles. The third-order valence-electron chi connectivity index (χ3n) is 4.46. The number of carbonyl (C=O) groups is 2. The first-order chi connectivity index (χ1) is 16.5. The van der Waals surface area contributed by atoms with Crippen molar-refractivity contribution in [3.8, 4) is 17.6 Å². The van der Waals surface area contributed by atoms with Crippen LogP contribution in [0.4, 0.5) is 11.4 Å². The van der Waals surface area contributed by atoms with Crippen molar-refractivity contribution < 1.29 is 19.1 Å². The van der Waals surface area contributed by atoms with Crippen LogP contribution in [0.5, 0.6) is 11.5 Å². The number of nitriles is 1. The Labute approximate surface area is 202 Å². The lowest BCUT2D eigenvalue weighted by atomic mass is 10.1. The minimum Gasteiger partial charge on any atom is -0.490 e. The second-order valence-corrected chi connectivity index (χ2v) is 7.41. The maximum Gasteiger partial charge on any atom is 0.266 e. The number of halogens is 1. The van der Waals surface area contributed by atoms with Gasteiger partial charge in [0.2, 0.25) is 0 Å². The van der Waals surface area contributed by atoms with Gasteiger partial charge in [-0.3, -0.25) is 9.59 Å². The normalized spacial score (nSPS) is 10.7. The number of ether oxygens (including phenoxy) is 2. The summed E-state index contributed by atoms with van der Waals surface area (Å²) < 4.78 is 11.3. The summed E-state index contributed by atoms with van der Waals surface area (Å²) in [6.07, 6.45) is 1.44. The molecular formula is C26H22ClN3O4. The number of rotatable bonds is 9. The molecule has 7 nitrogen and oxygen atoms in total. The fourth-order valence-corrected chi connectivity index (χ4v) is 3.04. The van der Waals surface area contributed by atoms with Gasteiger partial charge in [0.15, 0.2) is 18.1 Å². The maximum atomic E-state index is 12.5. The quantitative estimate of drug-likeness (QED) is 0.323. The number of carbonyl (C=O) groups excluding carboxylic acids is 2. The van der Waals surface area contributed by atoms with E-state index >= 15 is 0 Å². The lowest BCUT2D eigenvalue weighted by molar-refractivity contribution is -0.118. The van der Waals surface area contributed by atoms with Gasteiger partial charge in [0.1, 0.15) is 11.6 Å². The van der Waals surface area contributed by atoms with Crippen LogP contribution in [0.15, 0.2) is 78.4 Å². The number of anilines is 2. The average Bonchev–Trinajstić information content (AvgIpc) is 2.84. The van der Waals surface area contributed by atoms with Crippen LogP contribution in [0.3, 0.4) is 0 Å². The van der Waals surface area contributed by atoms with Crippen molar-refractivity contribution in [2.45, 2.75) is 6.92 Å². The zero-order valence-corrected chi connectivity index (χ0v) is 19.1. The van der Waals surface area contributed by atoms with Crippen molar-refractivity contribution in [3.05, 3.63) is 89.0 Å². The minimum absolute atomic E-state index is 0.0895. The van der Waals surface area contributed by atoms with Gasteiger partial charge in [-0.1, -0.05) is 35.9 Å². The summed E-state index contributed by atoms with van der Waals surface area (Å²) in [7, 11) is 0. The molecule has 0 spiro atoms. The van der Waals surface area contributed by atoms with E-state index < -0.39 is 5.91 Å². The molecule has 2 N–H and O–H groups in total. The molecule has 0 bridgehead atoms. The van der Waals surface area contributed by atoms with Gasteiger partial charge in [0, 0.05) is 16.4 Å². The van der Waals surface area contributed by atoms with Crippen LogP contribution < -0.4 is 20.1 Å². The van der Waals surface area contributed by atoms with Crippen LogP contribution in [0.2, 0.25) is 5.02 Å². The van der Waals surface area contributed by atoms with Crippen LogP contribution in [-0.4, -0.2) is 25.0 Å². The summed E-state index contributed by atoms with van der Waals surface area (Å²) in [4.78, 5) is 24.7. The molecule has 0 atom stereocenters. The van der Waals surface area contributed by atoms with Gasteiger partial charge in [0.25, 0.3) is 11.8 Å². The average molecular weight is 476 g/mol. The standard InChI is InChI=1S/C26H22ClN3O4/c1-2-33-24-15-18(14-19(16-28)26(32)30-22-11-9-20(27)10-12-22)8-13-23(24)34-17-25(31)29-21-6-4-3-5-7-21/h3-15H,2,17H2,1H3,(H,29,31)(H,30,32)/b19-14+. The molecule has 0 radical (unpaired) electrons. The van der Waals surface area contributed by atoms with Gasteiger partial charge in [-0.15, -0.1) is 0 Å². The van der Waals surface area contributed by atoms with E-state index in [4.69, 9.17) is 21.1 Å². The van der Waals surface area contributed by atoms with Crippen LogP contribution in [0, 0.1) is 11.3 Å². The van der Waals surface area contributed by atoms with Crippen molar-refractivity contribution in [2.75, 3.05) is 23.8 Å². The van der Waals surface area contributed by atoms with Crippen molar-refractivity contribution >= 4 is 40.9 Å². The zero-order chi connectivity index (χ0) is 24.3. The Morgan fingerprint density at radius 3 is 2.32 bits per heavy atom. The lowest BCUT2D eigenvalue weighted by Crippen LogP contribution is -2.20. The molecule has 3 aromatic rings. The van der Waals surface area contributed by atoms with Gasteiger partial charge >= 0.3 is 0 Å². The highest BCUT2D eigenvalue weighted by molar-refractivity contribution is 6.30. The van der Waals surface area contributed by atoms with Crippen molar-refractivity contribution in [1.82, 2.24) is 0 Å². The molecular weight excluding hydrogens is 454 g/mol. The number of benzene rings is 3. The molecule has 0 aliphatic rings. The summed E-state index contributed by atoms with van der Waals surface area (Å²) in [6, 6.07) is 22.5. The van der Waals surface area contributed by atoms with E-state index in [1.165, 1.54) is 6.08 Å². The summed E-state index contributed by atoms with van der Waals surface area (Å²) >= 11 is 5.85. The van der Waals surface area contributed by atoms with E-state index in [2.05, 4.69) is 10.6 Å². The van der Waals surface area contributed by atoms with Gasteiger partial charge in [0.05, 0.1) is 6.61 Å². The number of nitrogens with one attached hydrogen (secondary N) is 2. The number of nitrogens with zero attached hydrogens (tertiary/aromatic N) is 1. The van der Waals surface area contributed by atoms with Gasteiger partial charge < -0.3 is 20.1 Å². The van der Waals surface area contributed by atoms with E-state index in [1.54, 1.807) is 54.6 Å². The number of amides is 2. The van der Waals surface area contributed by atoms with Gasteiger partial charge in [-0.2, -0.15) is 5.26 Å². The van der Waals surface area contributed by atoms with Crippen LogP contribution in [0.1, 0.15) is 12.5 Å². The van der Waals surface area contributed by atoms with E-state index in [1.807, 2.05) is 31.2 Å². The molecule has 34 heavy (non-hydrogen) atoms. The minimum atomic E-state index is -0.555. The zero-order valence-electron chi connectivity index (χ0n) is 18.4. The highest BCUT2D eigenvalue weighted by atomic mass is 35.5. The fourth-order valence-electron chi connectivity index (χ4n) is 2.91. The van der Waals surface area contributed by atoms with E-state index in [-0.39, 0.29) is 18.1 Å². The molecule has 172 valence electrons. The molecule has 0 saturated heterocycles. The van der Waals surface area contributed by atoms with E-state index in [0.29, 0.717) is 40.1 Å². The molecule has 0 saturated carbocycles. The van der Waals surface area contributed by atoms with Crippen molar-refractivity contribution in [1.29, 1.82) is 5.26 Å². The molecule has 3 rings (SSSR count). The molecule has 8 heteroatoms. The first-order valence-corrected chi connectivity index (χ1v) is 10.8. The molecule has 0 fully saturated rings. The smallest absolute Gasteiger partial charge is 0.266 e. The highest BCUT2D eigenvalue weighted by Crippen LogP contribution is 2.29. The molecule has 3 aromatic carbocycles. The molecule has 0 heterocycles. The lowest BCUT2D eigenvalue weighted by Gasteiger charge is -2.13. The monoisotopic (exact) mass is 475 g/mol. The SMILES string of the molecule is CCOc1cc(/C=C(\C#N)C(=O)Nc2ccc(Cl)cc2)ccc1OCC(=O)Nc1ccccc1. The van der Waals surface area contributed by atoms with Gasteiger partial charge in [-0.25, -0.2) is 0 Å². The second-order valence-electron chi connectivity index (χ2n) is 6.97. The summed E-state index contributed by atoms with van der Waals surface area (Å²) in [5, 5.41) is 15.4. The fraction of sp³-hybridized carbons (Fsp3) is 0.115. The molecule has 2 amide bonds. The Hall–Kier alpha value is -4.28. The largest absolute Gasteiger partial charge is 0.490 e. The topological polar surface area (TPSA) is 100 Å². The van der Waals surface area contributed by atoms with Crippen LogP contribution >= 0.6 is 11.6 Å². The number of hydrogen-bond donors (Lipinski definition) is 2. The van der Waals surface area contributed by atoms with E-state index in [0.717, 1.165) is 0 Å². The van der Waals surface area contributed by atoms with Crippen LogP contribution in [0.25, 0.3) is 6.08 Å². The second kappa shape index (κ2) is 12.1. The summed E-state index contributed by atoms with van der Waals surface area (Å²) in [6.45, 7) is 1.97. The predicted molar refractivity (Wildman–Crippen MR) is 132 cm³/mol. The third-order valence-corrected chi connectivity index (χ3v) is 4.71. The van der Waals surface area contributed by atoms with Crippen LogP contribution in [-0.2, 0) is 9.59 Å². The van der Waals surface area contributed by atoms with Crippen molar-refractivity contribution in [3.63, 3.8) is 0 Å². The first-order valence-electron chi connectivity index (χ1n) is 10.4. The van der Waals surface area contributed by atoms with Crippen molar-refractivity contribution in [2.24, 2.45) is 0 Å². The Balaban J connectivity index is 1.70. The number of hydrogen-bond acceptors (Lipinski definition) is 5. The third kappa shape index (κ3) is 7.12. The summed E-state index contributed by atoms with van der Waals surface area (Å²) in [5.41, 5.74) is 1.66. The Kier molecular flexibility index (Phi) is 8.67. The Morgan fingerprint density at radius 2 is 1.65 bits per heavy atom. The predicted octanol–water partition coefficient (Wildman–Crippen LogP) is 5.30. The molecule has 0 unspecified atom stereocenters.